The second-order valence-corrected chi connectivity index (χ2v) is 6.13. The molecule has 0 aliphatic carbocycles. The zero-order valence-electron chi connectivity index (χ0n) is 12.9. The Morgan fingerprint density at radius 2 is 2.18 bits per heavy atom. The van der Waals surface area contributed by atoms with Crippen LogP contribution in [0.3, 0.4) is 0 Å². The maximum Gasteiger partial charge on any atom is 0.222 e. The average molecular weight is 304 g/mol. The second kappa shape index (κ2) is 7.58. The topological polar surface area (TPSA) is 51.7 Å². The minimum Gasteiger partial charge on any atom is -0.472 e. The molecule has 2 aliphatic heterocycles. The van der Waals surface area contributed by atoms with Crippen molar-refractivity contribution in [3.8, 4) is 5.88 Å². The number of carbonyl (C=O) groups excluding carboxylic acids is 1. The lowest BCUT2D eigenvalue weighted by molar-refractivity contribution is -0.130. The highest BCUT2D eigenvalue weighted by atomic mass is 16.5. The number of likely N-dealkylation sites (tertiary alicyclic amines) is 1. The van der Waals surface area contributed by atoms with Crippen LogP contribution in [0, 0.1) is 5.92 Å². The van der Waals surface area contributed by atoms with Crippen molar-refractivity contribution in [2.75, 3.05) is 26.3 Å². The van der Waals surface area contributed by atoms with E-state index in [0.717, 1.165) is 45.4 Å². The number of ether oxygens (including phenoxy) is 2. The van der Waals surface area contributed by atoms with E-state index in [-0.39, 0.29) is 12.0 Å². The molecule has 0 bridgehead atoms. The van der Waals surface area contributed by atoms with Crippen molar-refractivity contribution in [3.63, 3.8) is 0 Å². The van der Waals surface area contributed by atoms with Crippen molar-refractivity contribution in [2.24, 2.45) is 5.92 Å². The molecule has 22 heavy (non-hydrogen) atoms. The van der Waals surface area contributed by atoms with E-state index in [1.54, 1.807) is 6.20 Å². The molecule has 1 unspecified atom stereocenters. The first kappa shape index (κ1) is 15.3. The van der Waals surface area contributed by atoms with Gasteiger partial charge in [0.25, 0.3) is 0 Å². The Balaban J connectivity index is 1.40. The van der Waals surface area contributed by atoms with Crippen molar-refractivity contribution in [2.45, 2.75) is 38.2 Å². The summed E-state index contributed by atoms with van der Waals surface area (Å²) in [7, 11) is 0. The lowest BCUT2D eigenvalue weighted by atomic mass is 9.95. The Bertz CT molecular complexity index is 474. The molecule has 0 radical (unpaired) electrons. The summed E-state index contributed by atoms with van der Waals surface area (Å²) in [6.07, 6.45) is 6.52. The van der Waals surface area contributed by atoms with Crippen molar-refractivity contribution in [1.29, 1.82) is 0 Å². The van der Waals surface area contributed by atoms with Gasteiger partial charge in [0.1, 0.15) is 6.10 Å². The first-order valence-electron chi connectivity index (χ1n) is 8.24. The third-order valence-corrected chi connectivity index (χ3v) is 4.53. The van der Waals surface area contributed by atoms with E-state index in [2.05, 4.69) is 4.98 Å². The highest BCUT2D eigenvalue weighted by Crippen LogP contribution is 2.22. The average Bonchev–Trinajstić information content (AvgIpc) is 3.03. The van der Waals surface area contributed by atoms with E-state index in [1.165, 1.54) is 0 Å². The van der Waals surface area contributed by atoms with Crippen molar-refractivity contribution >= 4 is 5.91 Å². The van der Waals surface area contributed by atoms with Gasteiger partial charge in [0, 0.05) is 44.9 Å². The maximum absolute atomic E-state index is 12.3. The zero-order chi connectivity index (χ0) is 15.2. The smallest absolute Gasteiger partial charge is 0.222 e. The molecule has 2 saturated heterocycles. The number of hydrogen-bond acceptors (Lipinski definition) is 4. The van der Waals surface area contributed by atoms with Gasteiger partial charge in [-0.15, -0.1) is 0 Å². The van der Waals surface area contributed by atoms with Crippen LogP contribution in [-0.2, 0) is 9.53 Å². The van der Waals surface area contributed by atoms with Crippen molar-refractivity contribution in [3.05, 3.63) is 24.4 Å². The minimum atomic E-state index is 0.0712. The normalized spacial score (nSPS) is 22.7. The standard InChI is InChI=1S/C17H24N2O3/c20-17(5-4-14-7-11-21-12-8-14)19-10-6-15(13-19)22-16-3-1-2-9-18-16/h1-3,9,14-15H,4-8,10-13H2. The number of pyridine rings is 1. The number of hydrogen-bond donors (Lipinski definition) is 0. The number of amides is 1. The highest BCUT2D eigenvalue weighted by molar-refractivity contribution is 5.76. The Hall–Kier alpha value is -1.62. The lowest BCUT2D eigenvalue weighted by Crippen LogP contribution is -2.31. The fourth-order valence-electron chi connectivity index (χ4n) is 3.16. The quantitative estimate of drug-likeness (QED) is 0.837. The summed E-state index contributed by atoms with van der Waals surface area (Å²) in [6.45, 7) is 3.18. The molecule has 1 amide bonds. The Morgan fingerprint density at radius 1 is 1.32 bits per heavy atom. The summed E-state index contributed by atoms with van der Waals surface area (Å²) in [6, 6.07) is 5.64. The molecule has 1 aromatic heterocycles. The molecule has 3 heterocycles. The molecule has 5 nitrogen and oxygen atoms in total. The van der Waals surface area contributed by atoms with E-state index >= 15 is 0 Å². The van der Waals surface area contributed by atoms with Crippen LogP contribution in [0.15, 0.2) is 24.4 Å². The summed E-state index contributed by atoms with van der Waals surface area (Å²) in [5, 5.41) is 0. The fraction of sp³-hybridized carbons (Fsp3) is 0.647. The molecule has 5 heteroatoms. The lowest BCUT2D eigenvalue weighted by Gasteiger charge is -2.23. The summed E-state index contributed by atoms with van der Waals surface area (Å²) in [5.74, 6) is 1.56. The molecular formula is C17H24N2O3. The van der Waals surface area contributed by atoms with Gasteiger partial charge in [0.05, 0.1) is 6.54 Å². The molecule has 2 fully saturated rings. The molecule has 0 saturated carbocycles. The predicted molar refractivity (Wildman–Crippen MR) is 82.6 cm³/mol. The van der Waals surface area contributed by atoms with Crippen molar-refractivity contribution < 1.29 is 14.3 Å². The SMILES string of the molecule is O=C(CCC1CCOCC1)N1CCC(Oc2ccccn2)C1. The molecule has 0 spiro atoms. The van der Waals surface area contributed by atoms with Gasteiger partial charge in [-0.05, 0) is 31.2 Å². The number of rotatable bonds is 5. The van der Waals surface area contributed by atoms with Gasteiger partial charge in [-0.2, -0.15) is 0 Å². The van der Waals surface area contributed by atoms with E-state index in [0.29, 0.717) is 24.8 Å². The van der Waals surface area contributed by atoms with Crippen LogP contribution < -0.4 is 4.74 Å². The van der Waals surface area contributed by atoms with E-state index < -0.39 is 0 Å². The van der Waals surface area contributed by atoms with Gasteiger partial charge in [0.15, 0.2) is 0 Å². The van der Waals surface area contributed by atoms with Gasteiger partial charge in [-0.25, -0.2) is 4.98 Å². The Kier molecular flexibility index (Phi) is 5.27. The molecule has 2 aliphatic rings. The number of aromatic nitrogens is 1. The third kappa shape index (κ3) is 4.19. The Labute approximate surface area is 131 Å². The fourth-order valence-corrected chi connectivity index (χ4v) is 3.16. The van der Waals surface area contributed by atoms with Gasteiger partial charge in [-0.3, -0.25) is 4.79 Å². The van der Waals surface area contributed by atoms with Crippen molar-refractivity contribution in [1.82, 2.24) is 9.88 Å². The van der Waals surface area contributed by atoms with E-state index in [4.69, 9.17) is 9.47 Å². The molecule has 1 aromatic rings. The molecule has 120 valence electrons. The monoisotopic (exact) mass is 304 g/mol. The minimum absolute atomic E-state index is 0.0712. The molecule has 0 N–H and O–H groups in total. The van der Waals surface area contributed by atoms with Crippen LogP contribution in [0.1, 0.15) is 32.1 Å². The molecule has 1 atom stereocenters. The van der Waals surface area contributed by atoms with E-state index in [1.807, 2.05) is 23.1 Å². The summed E-state index contributed by atoms with van der Waals surface area (Å²) >= 11 is 0. The number of carbonyl (C=O) groups is 1. The summed E-state index contributed by atoms with van der Waals surface area (Å²) in [4.78, 5) is 18.4. The second-order valence-electron chi connectivity index (χ2n) is 6.13. The van der Waals surface area contributed by atoms with Crippen LogP contribution >= 0.6 is 0 Å². The third-order valence-electron chi connectivity index (χ3n) is 4.53. The summed E-state index contributed by atoms with van der Waals surface area (Å²) < 4.78 is 11.2. The van der Waals surface area contributed by atoms with Crippen LogP contribution in [-0.4, -0.2) is 48.2 Å². The van der Waals surface area contributed by atoms with Crippen LogP contribution in [0.5, 0.6) is 5.88 Å². The summed E-state index contributed by atoms with van der Waals surface area (Å²) in [5.41, 5.74) is 0. The molecule has 0 aromatic carbocycles. The largest absolute Gasteiger partial charge is 0.472 e. The van der Waals surface area contributed by atoms with Crippen LogP contribution in [0.25, 0.3) is 0 Å². The zero-order valence-corrected chi connectivity index (χ0v) is 12.9. The van der Waals surface area contributed by atoms with E-state index in [9.17, 15) is 4.79 Å². The Morgan fingerprint density at radius 3 is 2.95 bits per heavy atom. The molecule has 3 rings (SSSR count). The highest BCUT2D eigenvalue weighted by Gasteiger charge is 2.28. The van der Waals surface area contributed by atoms with Gasteiger partial charge < -0.3 is 14.4 Å². The predicted octanol–water partition coefficient (Wildman–Crippen LogP) is 2.27. The maximum atomic E-state index is 12.3. The van der Waals surface area contributed by atoms with Crippen LogP contribution in [0.4, 0.5) is 0 Å². The van der Waals surface area contributed by atoms with Gasteiger partial charge in [0.2, 0.25) is 11.8 Å². The molecular weight excluding hydrogens is 280 g/mol. The number of nitrogens with zero attached hydrogens (tertiary/aromatic N) is 2. The first-order chi connectivity index (χ1) is 10.8. The van der Waals surface area contributed by atoms with Gasteiger partial charge >= 0.3 is 0 Å². The van der Waals surface area contributed by atoms with Gasteiger partial charge in [-0.1, -0.05) is 6.07 Å². The van der Waals surface area contributed by atoms with Crippen LogP contribution in [0.2, 0.25) is 0 Å². The first-order valence-corrected chi connectivity index (χ1v) is 8.24.